The van der Waals surface area contributed by atoms with Crippen LogP contribution in [-0.4, -0.2) is 44.8 Å². The van der Waals surface area contributed by atoms with Crippen molar-refractivity contribution >= 4 is 21.9 Å². The molecule has 3 rings (SSSR count). The van der Waals surface area contributed by atoms with Gasteiger partial charge in [-0.3, -0.25) is 9.59 Å². The third-order valence-electron chi connectivity index (χ3n) is 5.76. The van der Waals surface area contributed by atoms with Gasteiger partial charge < -0.3 is 10.1 Å². The molecule has 0 saturated carbocycles. The topological polar surface area (TPSA) is 92.8 Å². The van der Waals surface area contributed by atoms with Crippen molar-refractivity contribution in [2.75, 3.05) is 20.2 Å². The lowest BCUT2D eigenvalue weighted by atomic mass is 10.0. The Morgan fingerprint density at radius 2 is 1.78 bits per heavy atom. The Bertz CT molecular complexity index is 1050. The van der Waals surface area contributed by atoms with E-state index in [9.17, 15) is 18.0 Å². The van der Waals surface area contributed by atoms with Crippen molar-refractivity contribution in [2.45, 2.75) is 44.0 Å². The van der Waals surface area contributed by atoms with Gasteiger partial charge in [0.1, 0.15) is 0 Å². The standard InChI is InChI=1S/C24H30N2O5S/c1-17-6-8-19(9-7-17)22(15-23(27)31-3)25-24(28)20-10-12-21(13-11-20)32(29,30)26-14-4-5-18(2)16-26/h6-13,18,22H,4-5,14-16H2,1-3H3,(H,25,28)/t18-,22-/m1/s1. The molecule has 32 heavy (non-hydrogen) atoms. The minimum Gasteiger partial charge on any atom is -0.469 e. The third kappa shape index (κ3) is 5.75. The van der Waals surface area contributed by atoms with E-state index in [1.807, 2.05) is 38.1 Å². The fourth-order valence-corrected chi connectivity index (χ4v) is 5.43. The van der Waals surface area contributed by atoms with E-state index in [0.29, 0.717) is 24.6 Å². The van der Waals surface area contributed by atoms with Crippen LogP contribution in [0.2, 0.25) is 0 Å². The van der Waals surface area contributed by atoms with Gasteiger partial charge in [0.05, 0.1) is 24.5 Å². The molecule has 172 valence electrons. The highest BCUT2D eigenvalue weighted by Gasteiger charge is 2.29. The molecule has 1 aliphatic rings. The molecule has 1 aliphatic heterocycles. The summed E-state index contributed by atoms with van der Waals surface area (Å²) in [4.78, 5) is 24.9. The van der Waals surface area contributed by atoms with Gasteiger partial charge in [0.25, 0.3) is 5.91 Å². The number of benzene rings is 2. The van der Waals surface area contributed by atoms with Gasteiger partial charge in [-0.25, -0.2) is 8.42 Å². The number of hydrogen-bond donors (Lipinski definition) is 1. The normalized spacial score (nSPS) is 18.0. The maximum atomic E-state index is 12.9. The quantitative estimate of drug-likeness (QED) is 0.642. The molecular formula is C24H30N2O5S. The minimum atomic E-state index is -3.59. The van der Waals surface area contributed by atoms with Gasteiger partial charge in [-0.2, -0.15) is 4.31 Å². The number of carbonyl (C=O) groups is 2. The molecule has 1 saturated heterocycles. The molecule has 0 spiro atoms. The Morgan fingerprint density at radius 3 is 2.38 bits per heavy atom. The number of esters is 1. The lowest BCUT2D eigenvalue weighted by Gasteiger charge is -2.30. The number of amides is 1. The predicted molar refractivity (Wildman–Crippen MR) is 122 cm³/mol. The number of methoxy groups -OCH3 is 1. The molecule has 1 amide bonds. The second-order valence-corrected chi connectivity index (χ2v) is 10.3. The first-order valence-corrected chi connectivity index (χ1v) is 12.2. The Hall–Kier alpha value is -2.71. The molecule has 1 fully saturated rings. The Balaban J connectivity index is 1.76. The van der Waals surface area contributed by atoms with Gasteiger partial charge in [-0.1, -0.05) is 36.8 Å². The summed E-state index contributed by atoms with van der Waals surface area (Å²) in [6.45, 7) is 5.03. The van der Waals surface area contributed by atoms with E-state index in [2.05, 4.69) is 5.32 Å². The van der Waals surface area contributed by atoms with Crippen molar-refractivity contribution in [1.29, 1.82) is 0 Å². The zero-order valence-corrected chi connectivity index (χ0v) is 19.5. The highest BCUT2D eigenvalue weighted by Crippen LogP contribution is 2.24. The number of hydrogen-bond acceptors (Lipinski definition) is 5. The first kappa shape index (κ1) is 23.9. The molecule has 7 nitrogen and oxygen atoms in total. The molecule has 1 N–H and O–H groups in total. The monoisotopic (exact) mass is 458 g/mol. The molecule has 0 bridgehead atoms. The fourth-order valence-electron chi connectivity index (χ4n) is 3.83. The number of rotatable bonds is 7. The molecule has 2 atom stereocenters. The fraction of sp³-hybridized carbons (Fsp3) is 0.417. The highest BCUT2D eigenvalue weighted by atomic mass is 32.2. The van der Waals surface area contributed by atoms with Crippen molar-refractivity contribution in [1.82, 2.24) is 9.62 Å². The maximum Gasteiger partial charge on any atom is 0.307 e. The molecular weight excluding hydrogens is 428 g/mol. The van der Waals surface area contributed by atoms with Crippen molar-refractivity contribution in [2.24, 2.45) is 5.92 Å². The van der Waals surface area contributed by atoms with Gasteiger partial charge in [0.15, 0.2) is 0 Å². The van der Waals surface area contributed by atoms with Crippen LogP contribution in [0.1, 0.15) is 53.7 Å². The van der Waals surface area contributed by atoms with Crippen LogP contribution in [0.3, 0.4) is 0 Å². The van der Waals surface area contributed by atoms with Crippen LogP contribution in [0.4, 0.5) is 0 Å². The van der Waals surface area contributed by atoms with Crippen molar-refractivity contribution < 1.29 is 22.7 Å². The maximum absolute atomic E-state index is 12.9. The first-order chi connectivity index (χ1) is 15.2. The molecule has 0 unspecified atom stereocenters. The average molecular weight is 459 g/mol. The molecule has 2 aromatic rings. The lowest BCUT2D eigenvalue weighted by Crippen LogP contribution is -2.39. The zero-order valence-electron chi connectivity index (χ0n) is 18.7. The van der Waals surface area contributed by atoms with E-state index in [0.717, 1.165) is 24.0 Å². The van der Waals surface area contributed by atoms with Crippen LogP contribution in [0.25, 0.3) is 0 Å². The minimum absolute atomic E-state index is 0.00902. The summed E-state index contributed by atoms with van der Waals surface area (Å²) in [6, 6.07) is 12.9. The van der Waals surface area contributed by atoms with Crippen LogP contribution in [-0.2, 0) is 19.6 Å². The van der Waals surface area contributed by atoms with Gasteiger partial charge in [-0.05, 0) is 55.5 Å². The second kappa shape index (κ2) is 10.3. The second-order valence-electron chi connectivity index (χ2n) is 8.35. The highest BCUT2D eigenvalue weighted by molar-refractivity contribution is 7.89. The SMILES string of the molecule is COC(=O)C[C@@H](NC(=O)c1ccc(S(=O)(=O)N2CCC[C@@H](C)C2)cc1)c1ccc(C)cc1. The van der Waals surface area contributed by atoms with Gasteiger partial charge in [0.2, 0.25) is 10.0 Å². The van der Waals surface area contributed by atoms with E-state index >= 15 is 0 Å². The Labute approximate surface area is 189 Å². The van der Waals surface area contributed by atoms with Crippen LogP contribution < -0.4 is 5.32 Å². The van der Waals surface area contributed by atoms with E-state index < -0.39 is 27.9 Å². The number of aryl methyl sites for hydroxylation is 1. The summed E-state index contributed by atoms with van der Waals surface area (Å²) in [5.41, 5.74) is 2.17. The summed E-state index contributed by atoms with van der Waals surface area (Å²) < 4.78 is 32.1. The van der Waals surface area contributed by atoms with E-state index in [4.69, 9.17) is 4.74 Å². The number of sulfonamides is 1. The van der Waals surface area contributed by atoms with Crippen molar-refractivity contribution in [3.05, 3.63) is 65.2 Å². The number of piperidine rings is 1. The number of nitrogens with one attached hydrogen (secondary N) is 1. The van der Waals surface area contributed by atoms with Gasteiger partial charge >= 0.3 is 5.97 Å². The van der Waals surface area contributed by atoms with Crippen LogP contribution >= 0.6 is 0 Å². The lowest BCUT2D eigenvalue weighted by molar-refractivity contribution is -0.141. The summed E-state index contributed by atoms with van der Waals surface area (Å²) in [7, 11) is -2.28. The number of nitrogens with zero attached hydrogens (tertiary/aromatic N) is 1. The van der Waals surface area contributed by atoms with Gasteiger partial charge in [-0.15, -0.1) is 0 Å². The Morgan fingerprint density at radius 1 is 1.12 bits per heavy atom. The largest absolute Gasteiger partial charge is 0.469 e. The zero-order chi connectivity index (χ0) is 23.3. The van der Waals surface area contributed by atoms with Crippen LogP contribution in [0, 0.1) is 12.8 Å². The van der Waals surface area contributed by atoms with Crippen LogP contribution in [0.15, 0.2) is 53.4 Å². The first-order valence-electron chi connectivity index (χ1n) is 10.7. The molecule has 0 aliphatic carbocycles. The average Bonchev–Trinajstić information content (AvgIpc) is 2.79. The third-order valence-corrected chi connectivity index (χ3v) is 7.64. The van der Waals surface area contributed by atoms with E-state index in [-0.39, 0.29) is 11.3 Å². The molecule has 0 radical (unpaired) electrons. The Kier molecular flexibility index (Phi) is 7.69. The summed E-state index contributed by atoms with van der Waals surface area (Å²) in [5, 5.41) is 2.86. The molecule has 1 heterocycles. The summed E-state index contributed by atoms with van der Waals surface area (Å²) in [6.07, 6.45) is 1.87. The molecule has 8 heteroatoms. The van der Waals surface area contributed by atoms with Crippen LogP contribution in [0.5, 0.6) is 0 Å². The van der Waals surface area contributed by atoms with Crippen molar-refractivity contribution in [3.8, 4) is 0 Å². The molecule has 2 aromatic carbocycles. The number of carbonyl (C=O) groups excluding carboxylic acids is 2. The van der Waals surface area contributed by atoms with Crippen molar-refractivity contribution in [3.63, 3.8) is 0 Å². The summed E-state index contributed by atoms with van der Waals surface area (Å²) >= 11 is 0. The molecule has 0 aromatic heterocycles. The smallest absolute Gasteiger partial charge is 0.307 e. The van der Waals surface area contributed by atoms with E-state index in [1.165, 1.54) is 35.7 Å². The summed E-state index contributed by atoms with van der Waals surface area (Å²) in [5.74, 6) is -0.500. The van der Waals surface area contributed by atoms with Gasteiger partial charge in [0, 0.05) is 18.7 Å². The van der Waals surface area contributed by atoms with E-state index in [1.54, 1.807) is 0 Å². The number of ether oxygens (including phenoxy) is 1. The predicted octanol–water partition coefficient (Wildman–Crippen LogP) is 3.45.